The van der Waals surface area contributed by atoms with Gasteiger partial charge in [0.15, 0.2) is 5.96 Å². The van der Waals surface area contributed by atoms with Crippen molar-refractivity contribution in [1.29, 1.82) is 0 Å². The Balaban J connectivity index is 0.00000147. The van der Waals surface area contributed by atoms with E-state index in [9.17, 15) is 0 Å². The third kappa shape index (κ3) is 3.13. The zero-order valence-corrected chi connectivity index (χ0v) is 15.6. The van der Waals surface area contributed by atoms with E-state index in [1.54, 1.807) is 0 Å². The first-order valence-electron chi connectivity index (χ1n) is 7.29. The predicted octanol–water partition coefficient (Wildman–Crippen LogP) is 3.80. The topological polar surface area (TPSA) is 27.6 Å². The van der Waals surface area contributed by atoms with E-state index in [0.29, 0.717) is 12.1 Å². The van der Waals surface area contributed by atoms with E-state index in [0.717, 1.165) is 25.0 Å². The zero-order chi connectivity index (χ0) is 13.4. The molecule has 1 N–H and O–H groups in total. The monoisotopic (exact) mass is 405 g/mol. The third-order valence-corrected chi connectivity index (χ3v) is 5.53. The molecule has 0 bridgehead atoms. The van der Waals surface area contributed by atoms with Crippen LogP contribution in [0.5, 0.6) is 0 Å². The fourth-order valence-electron chi connectivity index (χ4n) is 3.14. The average molecular weight is 405 g/mol. The highest BCUT2D eigenvalue weighted by Crippen LogP contribution is 2.28. The van der Waals surface area contributed by atoms with Gasteiger partial charge in [0.1, 0.15) is 0 Å². The Hall–Kier alpha value is -0.300. The molecule has 1 aromatic rings. The van der Waals surface area contributed by atoms with E-state index < -0.39 is 0 Å². The highest BCUT2D eigenvalue weighted by atomic mass is 127. The molecule has 1 aromatic heterocycles. The van der Waals surface area contributed by atoms with Crippen molar-refractivity contribution in [1.82, 2.24) is 10.2 Å². The van der Waals surface area contributed by atoms with Crippen molar-refractivity contribution in [2.24, 2.45) is 10.9 Å². The summed E-state index contributed by atoms with van der Waals surface area (Å²) in [5.74, 6) is 1.89. The van der Waals surface area contributed by atoms with Crippen molar-refractivity contribution in [2.45, 2.75) is 45.7 Å². The quantitative estimate of drug-likeness (QED) is 0.759. The molecule has 2 aliphatic heterocycles. The fourth-order valence-corrected chi connectivity index (χ4v) is 4.02. The Morgan fingerprint density at radius 2 is 2.25 bits per heavy atom. The standard InChI is InChI=1S/C15H23N3S.HI/c1-10-5-4-8-18-13(10)9-16-15(18)17-12(3)14-7-6-11(2)19-14;/h6-7,10,12-13H,4-5,8-9H2,1-3H3,(H,16,17);1H. The number of rotatable bonds is 2. The van der Waals surface area contributed by atoms with Gasteiger partial charge in [-0.15, -0.1) is 35.3 Å². The van der Waals surface area contributed by atoms with Crippen LogP contribution in [0.3, 0.4) is 0 Å². The number of guanidine groups is 1. The molecule has 0 aromatic carbocycles. The van der Waals surface area contributed by atoms with Crippen LogP contribution in [-0.2, 0) is 0 Å². The SMILES string of the molecule is Cc1ccc(C(C)NC2=NCC3C(C)CCCN23)s1.I. The van der Waals surface area contributed by atoms with Crippen LogP contribution in [0.15, 0.2) is 17.1 Å². The molecule has 1 fully saturated rings. The number of hydrogen-bond donors (Lipinski definition) is 1. The molecule has 0 radical (unpaired) electrons. The molecule has 0 saturated carbocycles. The van der Waals surface area contributed by atoms with Crippen LogP contribution in [0, 0.1) is 12.8 Å². The predicted molar refractivity (Wildman–Crippen MR) is 97.2 cm³/mol. The highest BCUT2D eigenvalue weighted by molar-refractivity contribution is 14.0. The number of hydrogen-bond acceptors (Lipinski definition) is 4. The smallest absolute Gasteiger partial charge is 0.194 e. The first kappa shape index (κ1) is 16.1. The largest absolute Gasteiger partial charge is 0.349 e. The van der Waals surface area contributed by atoms with Gasteiger partial charge in [0, 0.05) is 16.3 Å². The van der Waals surface area contributed by atoms with Crippen molar-refractivity contribution < 1.29 is 0 Å². The molecule has 20 heavy (non-hydrogen) atoms. The van der Waals surface area contributed by atoms with Gasteiger partial charge in [0.2, 0.25) is 0 Å². The van der Waals surface area contributed by atoms with E-state index in [2.05, 4.69) is 43.1 Å². The van der Waals surface area contributed by atoms with Crippen LogP contribution in [-0.4, -0.2) is 30.0 Å². The lowest BCUT2D eigenvalue weighted by Gasteiger charge is -2.37. The van der Waals surface area contributed by atoms with Gasteiger partial charge in [-0.25, -0.2) is 0 Å². The second-order valence-electron chi connectivity index (χ2n) is 5.86. The molecule has 112 valence electrons. The molecule has 1 saturated heterocycles. The van der Waals surface area contributed by atoms with Crippen molar-refractivity contribution in [2.75, 3.05) is 13.1 Å². The van der Waals surface area contributed by atoms with Crippen LogP contribution in [0.4, 0.5) is 0 Å². The number of halogens is 1. The van der Waals surface area contributed by atoms with Crippen LogP contribution in [0.25, 0.3) is 0 Å². The molecule has 2 aliphatic rings. The molecule has 3 unspecified atom stereocenters. The minimum atomic E-state index is 0. The minimum absolute atomic E-state index is 0. The fraction of sp³-hybridized carbons (Fsp3) is 0.667. The number of nitrogens with zero attached hydrogens (tertiary/aromatic N) is 2. The molecular formula is C15H24IN3S. The molecule has 3 heterocycles. The number of aliphatic imine (C=N–C) groups is 1. The Morgan fingerprint density at radius 1 is 1.45 bits per heavy atom. The third-order valence-electron chi connectivity index (χ3n) is 4.35. The summed E-state index contributed by atoms with van der Waals surface area (Å²) >= 11 is 1.87. The van der Waals surface area contributed by atoms with Crippen LogP contribution < -0.4 is 5.32 Å². The van der Waals surface area contributed by atoms with Gasteiger partial charge in [-0.05, 0) is 44.7 Å². The van der Waals surface area contributed by atoms with Gasteiger partial charge >= 0.3 is 0 Å². The van der Waals surface area contributed by atoms with E-state index in [-0.39, 0.29) is 24.0 Å². The summed E-state index contributed by atoms with van der Waals surface area (Å²) in [6.07, 6.45) is 2.65. The maximum atomic E-state index is 4.74. The Morgan fingerprint density at radius 3 is 2.95 bits per heavy atom. The summed E-state index contributed by atoms with van der Waals surface area (Å²) in [5.41, 5.74) is 0. The Kier molecular flexibility index (Phi) is 5.34. The number of nitrogens with one attached hydrogen (secondary N) is 1. The molecule has 3 atom stereocenters. The number of fused-ring (bicyclic) bond motifs is 1. The highest BCUT2D eigenvalue weighted by Gasteiger charge is 2.35. The average Bonchev–Trinajstić information content (AvgIpc) is 2.98. The number of thiophene rings is 1. The first-order chi connectivity index (χ1) is 9.15. The van der Waals surface area contributed by atoms with Gasteiger partial charge in [-0.2, -0.15) is 0 Å². The maximum Gasteiger partial charge on any atom is 0.194 e. The Bertz CT molecular complexity index is 485. The lowest BCUT2D eigenvalue weighted by Crippen LogP contribution is -2.49. The summed E-state index contributed by atoms with van der Waals surface area (Å²) < 4.78 is 0. The summed E-state index contributed by atoms with van der Waals surface area (Å²) in [4.78, 5) is 10.0. The van der Waals surface area contributed by atoms with E-state index in [1.165, 1.54) is 22.6 Å². The van der Waals surface area contributed by atoms with Crippen LogP contribution in [0.1, 0.15) is 42.5 Å². The van der Waals surface area contributed by atoms with E-state index >= 15 is 0 Å². The Labute approximate surface area is 142 Å². The normalized spacial score (nSPS) is 26.6. The maximum absolute atomic E-state index is 4.74. The number of piperidine rings is 1. The lowest BCUT2D eigenvalue weighted by atomic mass is 9.92. The van der Waals surface area contributed by atoms with Crippen molar-refractivity contribution in [3.63, 3.8) is 0 Å². The summed E-state index contributed by atoms with van der Waals surface area (Å²) in [7, 11) is 0. The molecule has 5 heteroatoms. The molecule has 0 spiro atoms. The molecule has 3 nitrogen and oxygen atoms in total. The van der Waals surface area contributed by atoms with Gasteiger partial charge < -0.3 is 10.2 Å². The molecular weight excluding hydrogens is 381 g/mol. The van der Waals surface area contributed by atoms with Gasteiger partial charge in [-0.3, -0.25) is 4.99 Å². The minimum Gasteiger partial charge on any atom is -0.349 e. The first-order valence-corrected chi connectivity index (χ1v) is 8.11. The van der Waals surface area contributed by atoms with Gasteiger partial charge in [-0.1, -0.05) is 6.92 Å². The van der Waals surface area contributed by atoms with Crippen LogP contribution in [0.2, 0.25) is 0 Å². The summed E-state index contributed by atoms with van der Waals surface area (Å²) in [6, 6.07) is 5.41. The van der Waals surface area contributed by atoms with E-state index in [4.69, 9.17) is 4.99 Å². The molecule has 0 aliphatic carbocycles. The van der Waals surface area contributed by atoms with E-state index in [1.807, 2.05) is 11.3 Å². The van der Waals surface area contributed by atoms with Crippen molar-refractivity contribution in [3.05, 3.63) is 21.9 Å². The molecule has 3 rings (SSSR count). The second-order valence-corrected chi connectivity index (χ2v) is 7.18. The van der Waals surface area contributed by atoms with Gasteiger partial charge in [0.05, 0.1) is 18.6 Å². The summed E-state index contributed by atoms with van der Waals surface area (Å²) in [6.45, 7) is 8.89. The number of aryl methyl sites for hydroxylation is 1. The zero-order valence-electron chi connectivity index (χ0n) is 12.4. The molecule has 0 amide bonds. The van der Waals surface area contributed by atoms with Crippen molar-refractivity contribution >= 4 is 41.3 Å². The van der Waals surface area contributed by atoms with Crippen molar-refractivity contribution in [3.8, 4) is 0 Å². The lowest BCUT2D eigenvalue weighted by molar-refractivity contribution is 0.194. The van der Waals surface area contributed by atoms with Gasteiger partial charge in [0.25, 0.3) is 0 Å². The van der Waals surface area contributed by atoms with Crippen LogP contribution >= 0.6 is 35.3 Å². The summed E-state index contributed by atoms with van der Waals surface area (Å²) in [5, 5.41) is 3.61. The second kappa shape index (κ2) is 6.64.